The highest BCUT2D eigenvalue weighted by molar-refractivity contribution is 5.12. The number of rotatable bonds is 11. The molecule has 1 aromatic rings. The van der Waals surface area contributed by atoms with Crippen molar-refractivity contribution in [3.63, 3.8) is 0 Å². The SMILES string of the molecule is CCCCC(CC)COCc1cc(CNC2CC2)co1. The highest BCUT2D eigenvalue weighted by atomic mass is 16.5. The molecule has 0 saturated heterocycles. The maximum atomic E-state index is 5.81. The van der Waals surface area contributed by atoms with Gasteiger partial charge in [-0.15, -0.1) is 0 Å². The predicted octanol–water partition coefficient (Wildman–Crippen LogP) is 4.26. The molecule has 1 saturated carbocycles. The molecule has 2 rings (SSSR count). The second-order valence-electron chi connectivity index (χ2n) is 6.01. The number of hydrogen-bond donors (Lipinski definition) is 1. The summed E-state index contributed by atoms with van der Waals surface area (Å²) in [7, 11) is 0. The normalized spacial score (nSPS) is 16.5. The maximum absolute atomic E-state index is 5.81. The van der Waals surface area contributed by atoms with Crippen molar-refractivity contribution in [1.29, 1.82) is 0 Å². The van der Waals surface area contributed by atoms with Gasteiger partial charge in [-0.05, 0) is 31.2 Å². The van der Waals surface area contributed by atoms with Gasteiger partial charge in [0.15, 0.2) is 0 Å². The summed E-state index contributed by atoms with van der Waals surface area (Å²) in [6.45, 7) is 6.87. The minimum Gasteiger partial charge on any atom is -0.467 e. The standard InChI is InChI=1S/C17H29NO2/c1-3-5-6-14(4-2)11-19-13-17-9-15(12-20-17)10-18-16-7-8-16/h9,12,14,16,18H,3-8,10-11,13H2,1-2H3. The Balaban J connectivity index is 1.62. The van der Waals surface area contributed by atoms with Crippen molar-refractivity contribution >= 4 is 0 Å². The number of furan rings is 1. The fourth-order valence-corrected chi connectivity index (χ4v) is 2.37. The second-order valence-corrected chi connectivity index (χ2v) is 6.01. The summed E-state index contributed by atoms with van der Waals surface area (Å²) in [6, 6.07) is 2.86. The maximum Gasteiger partial charge on any atom is 0.129 e. The third-order valence-electron chi connectivity index (χ3n) is 4.02. The number of unbranched alkanes of at least 4 members (excludes halogenated alkanes) is 1. The van der Waals surface area contributed by atoms with Crippen molar-refractivity contribution < 1.29 is 9.15 Å². The minimum absolute atomic E-state index is 0.603. The van der Waals surface area contributed by atoms with E-state index in [-0.39, 0.29) is 0 Å². The van der Waals surface area contributed by atoms with E-state index < -0.39 is 0 Å². The van der Waals surface area contributed by atoms with Gasteiger partial charge in [-0.2, -0.15) is 0 Å². The quantitative estimate of drug-likeness (QED) is 0.657. The van der Waals surface area contributed by atoms with Gasteiger partial charge in [-0.1, -0.05) is 33.1 Å². The van der Waals surface area contributed by atoms with Crippen LogP contribution in [0.1, 0.15) is 63.7 Å². The van der Waals surface area contributed by atoms with E-state index in [1.54, 1.807) is 0 Å². The van der Waals surface area contributed by atoms with Crippen molar-refractivity contribution in [2.24, 2.45) is 5.92 Å². The predicted molar refractivity (Wildman–Crippen MR) is 81.5 cm³/mol. The van der Waals surface area contributed by atoms with Gasteiger partial charge in [-0.3, -0.25) is 0 Å². The molecular weight excluding hydrogens is 250 g/mol. The lowest BCUT2D eigenvalue weighted by Gasteiger charge is -2.13. The molecule has 0 amide bonds. The van der Waals surface area contributed by atoms with Gasteiger partial charge in [0.25, 0.3) is 0 Å². The van der Waals surface area contributed by atoms with Gasteiger partial charge in [0, 0.05) is 24.8 Å². The Bertz CT molecular complexity index is 371. The molecule has 3 heteroatoms. The van der Waals surface area contributed by atoms with Crippen LogP contribution in [0.2, 0.25) is 0 Å². The van der Waals surface area contributed by atoms with Crippen LogP contribution in [0, 0.1) is 5.92 Å². The van der Waals surface area contributed by atoms with Crippen LogP contribution < -0.4 is 5.32 Å². The molecule has 0 bridgehead atoms. The number of nitrogens with one attached hydrogen (secondary N) is 1. The van der Waals surface area contributed by atoms with Crippen LogP contribution in [0.15, 0.2) is 16.7 Å². The average Bonchev–Trinajstić information content (AvgIpc) is 3.19. The average molecular weight is 279 g/mol. The Morgan fingerprint density at radius 2 is 2.25 bits per heavy atom. The molecule has 1 aliphatic carbocycles. The van der Waals surface area contributed by atoms with Crippen LogP contribution in [-0.4, -0.2) is 12.6 Å². The molecule has 0 spiro atoms. The van der Waals surface area contributed by atoms with Gasteiger partial charge < -0.3 is 14.5 Å². The third-order valence-corrected chi connectivity index (χ3v) is 4.02. The molecule has 1 atom stereocenters. The summed E-state index contributed by atoms with van der Waals surface area (Å²) in [5.74, 6) is 1.64. The first-order valence-electron chi connectivity index (χ1n) is 8.19. The third kappa shape index (κ3) is 5.68. The first-order chi connectivity index (χ1) is 9.81. The van der Waals surface area contributed by atoms with Crippen molar-refractivity contribution in [3.05, 3.63) is 23.7 Å². The molecule has 114 valence electrons. The Labute approximate surface area is 123 Å². The Kier molecular flexibility index (Phi) is 6.61. The molecule has 1 N–H and O–H groups in total. The van der Waals surface area contributed by atoms with Gasteiger partial charge in [-0.25, -0.2) is 0 Å². The molecule has 1 aromatic heterocycles. The van der Waals surface area contributed by atoms with Crippen molar-refractivity contribution in [2.75, 3.05) is 6.61 Å². The van der Waals surface area contributed by atoms with Crippen LogP contribution in [0.5, 0.6) is 0 Å². The summed E-state index contributed by atoms with van der Waals surface area (Å²) >= 11 is 0. The topological polar surface area (TPSA) is 34.4 Å². The lowest BCUT2D eigenvalue weighted by molar-refractivity contribution is 0.0709. The molecule has 3 nitrogen and oxygen atoms in total. The summed E-state index contributed by atoms with van der Waals surface area (Å²) in [6.07, 6.45) is 9.55. The monoisotopic (exact) mass is 279 g/mol. The van der Waals surface area contributed by atoms with Crippen LogP contribution in [0.3, 0.4) is 0 Å². The summed E-state index contributed by atoms with van der Waals surface area (Å²) < 4.78 is 11.4. The summed E-state index contributed by atoms with van der Waals surface area (Å²) in [5, 5.41) is 3.49. The van der Waals surface area contributed by atoms with Crippen LogP contribution in [0.25, 0.3) is 0 Å². The first kappa shape index (κ1) is 15.6. The molecule has 20 heavy (non-hydrogen) atoms. The zero-order valence-corrected chi connectivity index (χ0v) is 13.0. The minimum atomic E-state index is 0.603. The van der Waals surface area contributed by atoms with E-state index in [9.17, 15) is 0 Å². The van der Waals surface area contributed by atoms with E-state index in [1.165, 1.54) is 44.1 Å². The van der Waals surface area contributed by atoms with Gasteiger partial charge in [0.1, 0.15) is 12.4 Å². The summed E-state index contributed by atoms with van der Waals surface area (Å²) in [5.41, 5.74) is 1.23. The zero-order valence-electron chi connectivity index (χ0n) is 13.0. The highest BCUT2D eigenvalue weighted by Crippen LogP contribution is 2.20. The van der Waals surface area contributed by atoms with Crippen LogP contribution in [0.4, 0.5) is 0 Å². The van der Waals surface area contributed by atoms with Crippen molar-refractivity contribution in [2.45, 2.75) is 71.6 Å². The Hall–Kier alpha value is -0.800. The Morgan fingerprint density at radius 3 is 2.95 bits per heavy atom. The molecule has 0 radical (unpaired) electrons. The largest absolute Gasteiger partial charge is 0.467 e. The molecular formula is C17H29NO2. The Morgan fingerprint density at radius 1 is 1.40 bits per heavy atom. The second kappa shape index (κ2) is 8.48. The summed E-state index contributed by atoms with van der Waals surface area (Å²) in [4.78, 5) is 0. The molecule has 1 heterocycles. The van der Waals surface area contributed by atoms with E-state index in [0.29, 0.717) is 12.5 Å². The van der Waals surface area contributed by atoms with E-state index in [4.69, 9.17) is 9.15 Å². The van der Waals surface area contributed by atoms with Gasteiger partial charge in [0.2, 0.25) is 0 Å². The molecule has 0 aliphatic heterocycles. The molecule has 0 aromatic carbocycles. The smallest absolute Gasteiger partial charge is 0.129 e. The zero-order chi connectivity index (χ0) is 14.2. The van der Waals surface area contributed by atoms with Gasteiger partial charge in [0.05, 0.1) is 6.26 Å². The van der Waals surface area contributed by atoms with Crippen molar-refractivity contribution in [1.82, 2.24) is 5.32 Å². The van der Waals surface area contributed by atoms with E-state index in [1.807, 2.05) is 6.26 Å². The molecule has 1 fully saturated rings. The van der Waals surface area contributed by atoms with E-state index in [0.717, 1.165) is 25.0 Å². The van der Waals surface area contributed by atoms with Gasteiger partial charge >= 0.3 is 0 Å². The first-order valence-corrected chi connectivity index (χ1v) is 8.19. The fraction of sp³-hybridized carbons (Fsp3) is 0.765. The van der Waals surface area contributed by atoms with Crippen LogP contribution in [-0.2, 0) is 17.9 Å². The lowest BCUT2D eigenvalue weighted by atomic mass is 10.0. The number of hydrogen-bond acceptors (Lipinski definition) is 3. The lowest BCUT2D eigenvalue weighted by Crippen LogP contribution is -2.14. The molecule has 1 unspecified atom stereocenters. The van der Waals surface area contributed by atoms with E-state index in [2.05, 4.69) is 25.2 Å². The fourth-order valence-electron chi connectivity index (χ4n) is 2.37. The highest BCUT2D eigenvalue weighted by Gasteiger charge is 2.20. The number of ether oxygens (including phenoxy) is 1. The van der Waals surface area contributed by atoms with E-state index >= 15 is 0 Å². The molecule has 1 aliphatic rings. The van der Waals surface area contributed by atoms with Crippen LogP contribution >= 0.6 is 0 Å². The van der Waals surface area contributed by atoms with Crippen molar-refractivity contribution in [3.8, 4) is 0 Å².